The summed E-state index contributed by atoms with van der Waals surface area (Å²) in [5, 5.41) is 4.33. The first-order valence-corrected chi connectivity index (χ1v) is 8.42. The fourth-order valence-corrected chi connectivity index (χ4v) is 3.53. The Labute approximate surface area is 134 Å². The highest BCUT2D eigenvalue weighted by atomic mass is 35.5. The van der Waals surface area contributed by atoms with Gasteiger partial charge in [-0.15, -0.1) is 11.6 Å². The summed E-state index contributed by atoms with van der Waals surface area (Å²) < 4.78 is 5.36. The van der Waals surface area contributed by atoms with Crippen LogP contribution < -0.4 is 4.90 Å². The molecule has 2 aliphatic rings. The van der Waals surface area contributed by atoms with Crippen molar-refractivity contribution in [2.24, 2.45) is 0 Å². The minimum atomic E-state index is 0.255. The Morgan fingerprint density at radius 3 is 2.64 bits per heavy atom. The van der Waals surface area contributed by atoms with E-state index < -0.39 is 0 Å². The van der Waals surface area contributed by atoms with E-state index in [0.29, 0.717) is 17.6 Å². The van der Waals surface area contributed by atoms with Crippen LogP contribution in [0.3, 0.4) is 0 Å². The van der Waals surface area contributed by atoms with E-state index in [2.05, 4.69) is 26.1 Å². The quantitative estimate of drug-likeness (QED) is 0.809. The lowest BCUT2D eigenvalue weighted by atomic mass is 9.85. The molecule has 116 valence electrons. The fourth-order valence-electron chi connectivity index (χ4n) is 3.10. The monoisotopic (exact) mass is 318 g/mol. The summed E-state index contributed by atoms with van der Waals surface area (Å²) in [6.45, 7) is 2.19. The molecule has 0 bridgehead atoms. The molecule has 5 nitrogen and oxygen atoms in total. The molecule has 1 saturated heterocycles. The summed E-state index contributed by atoms with van der Waals surface area (Å²) in [4.78, 5) is 11.4. The van der Waals surface area contributed by atoms with Gasteiger partial charge in [0.25, 0.3) is 0 Å². The molecule has 2 aromatic heterocycles. The zero-order valence-corrected chi connectivity index (χ0v) is 13.2. The number of hydrogen-bond donors (Lipinski definition) is 0. The molecule has 0 amide bonds. The van der Waals surface area contributed by atoms with Crippen LogP contribution in [-0.2, 0) is 0 Å². The van der Waals surface area contributed by atoms with Crippen molar-refractivity contribution in [2.45, 2.75) is 43.4 Å². The van der Waals surface area contributed by atoms with Gasteiger partial charge in [0, 0.05) is 36.1 Å². The van der Waals surface area contributed by atoms with Crippen molar-refractivity contribution in [1.29, 1.82) is 0 Å². The number of nitrogens with zero attached hydrogens (tertiary/aromatic N) is 4. The van der Waals surface area contributed by atoms with Gasteiger partial charge in [0.15, 0.2) is 0 Å². The number of pyridine rings is 1. The Bertz CT molecular complexity index is 630. The molecule has 1 aliphatic carbocycles. The molecule has 0 atom stereocenters. The van der Waals surface area contributed by atoms with Crippen molar-refractivity contribution >= 4 is 17.4 Å². The maximum Gasteiger partial charge on any atom is 0.230 e. The molecule has 0 N–H and O–H groups in total. The molecule has 0 spiro atoms. The number of anilines is 1. The number of rotatable bonds is 3. The largest absolute Gasteiger partial charge is 0.357 e. The predicted octanol–water partition coefficient (Wildman–Crippen LogP) is 3.61. The Morgan fingerprint density at radius 2 is 1.95 bits per heavy atom. The third kappa shape index (κ3) is 2.70. The van der Waals surface area contributed by atoms with Crippen molar-refractivity contribution in [3.05, 3.63) is 24.2 Å². The predicted molar refractivity (Wildman–Crippen MR) is 85.2 cm³/mol. The zero-order valence-electron chi connectivity index (χ0n) is 12.4. The van der Waals surface area contributed by atoms with Crippen LogP contribution in [0.5, 0.6) is 0 Å². The van der Waals surface area contributed by atoms with Crippen molar-refractivity contribution < 1.29 is 4.52 Å². The standard InChI is InChI=1S/C16H19ClN4O/c17-13-8-12(9-13)16-19-15(20-22-16)11-4-5-14(18-10-11)21-6-2-1-3-7-21/h4-5,10,12-13H,1-3,6-9H2. The summed E-state index contributed by atoms with van der Waals surface area (Å²) in [5.41, 5.74) is 0.900. The SMILES string of the molecule is ClC1CC(c2nc(-c3ccc(N4CCCCC4)nc3)no2)C1. The Hall–Kier alpha value is -1.62. The minimum absolute atomic E-state index is 0.255. The highest BCUT2D eigenvalue weighted by Gasteiger charge is 2.33. The maximum atomic E-state index is 6.00. The normalized spacial score (nSPS) is 25.0. The summed E-state index contributed by atoms with van der Waals surface area (Å²) in [6.07, 6.45) is 7.51. The van der Waals surface area contributed by atoms with Gasteiger partial charge < -0.3 is 9.42 Å². The number of piperidine rings is 1. The Morgan fingerprint density at radius 1 is 1.14 bits per heavy atom. The summed E-state index contributed by atoms with van der Waals surface area (Å²) in [5.74, 6) is 2.68. The van der Waals surface area contributed by atoms with Gasteiger partial charge in [-0.3, -0.25) is 0 Å². The average Bonchev–Trinajstić information content (AvgIpc) is 3.02. The van der Waals surface area contributed by atoms with Crippen molar-refractivity contribution in [1.82, 2.24) is 15.1 Å². The van der Waals surface area contributed by atoms with E-state index in [1.165, 1.54) is 19.3 Å². The molecule has 2 aromatic rings. The minimum Gasteiger partial charge on any atom is -0.357 e. The van der Waals surface area contributed by atoms with E-state index in [4.69, 9.17) is 16.1 Å². The lowest BCUT2D eigenvalue weighted by Gasteiger charge is -2.27. The van der Waals surface area contributed by atoms with Gasteiger partial charge in [-0.2, -0.15) is 4.98 Å². The van der Waals surface area contributed by atoms with Crippen LogP contribution in [0.15, 0.2) is 22.9 Å². The van der Waals surface area contributed by atoms with Gasteiger partial charge in [0.05, 0.1) is 0 Å². The van der Waals surface area contributed by atoms with Crippen molar-refractivity contribution in [3.63, 3.8) is 0 Å². The number of hydrogen-bond acceptors (Lipinski definition) is 5. The highest BCUT2D eigenvalue weighted by molar-refractivity contribution is 6.21. The number of alkyl halides is 1. The third-order valence-corrected chi connectivity index (χ3v) is 4.91. The molecule has 0 unspecified atom stereocenters. The number of halogens is 1. The average molecular weight is 319 g/mol. The summed E-state index contributed by atoms with van der Waals surface area (Å²) in [6, 6.07) is 4.07. The van der Waals surface area contributed by atoms with Crippen LogP contribution in [0.25, 0.3) is 11.4 Å². The summed E-state index contributed by atoms with van der Waals surface area (Å²) >= 11 is 6.00. The second-order valence-electron chi connectivity index (χ2n) is 6.17. The zero-order chi connectivity index (χ0) is 14.9. The van der Waals surface area contributed by atoms with Crippen molar-refractivity contribution in [2.75, 3.05) is 18.0 Å². The van der Waals surface area contributed by atoms with Gasteiger partial charge in [-0.25, -0.2) is 4.98 Å². The third-order valence-electron chi connectivity index (χ3n) is 4.56. The second kappa shape index (κ2) is 5.88. The topological polar surface area (TPSA) is 55.1 Å². The highest BCUT2D eigenvalue weighted by Crippen LogP contribution is 2.39. The molecular formula is C16H19ClN4O. The molecular weight excluding hydrogens is 300 g/mol. The molecule has 1 aliphatic heterocycles. The van der Waals surface area contributed by atoms with Crippen LogP contribution in [0, 0.1) is 0 Å². The van der Waals surface area contributed by atoms with E-state index in [1.807, 2.05) is 12.3 Å². The van der Waals surface area contributed by atoms with Crippen LogP contribution in [0.2, 0.25) is 0 Å². The van der Waals surface area contributed by atoms with E-state index in [0.717, 1.165) is 37.3 Å². The fraction of sp³-hybridized carbons (Fsp3) is 0.562. The molecule has 0 radical (unpaired) electrons. The van der Waals surface area contributed by atoms with E-state index in [1.54, 1.807) is 0 Å². The molecule has 1 saturated carbocycles. The first kappa shape index (κ1) is 14.0. The first-order valence-electron chi connectivity index (χ1n) is 7.98. The molecule has 4 rings (SSSR count). The maximum absolute atomic E-state index is 6.00. The molecule has 0 aromatic carbocycles. The van der Waals surface area contributed by atoms with E-state index in [9.17, 15) is 0 Å². The van der Waals surface area contributed by atoms with Crippen LogP contribution in [0.4, 0.5) is 5.82 Å². The summed E-state index contributed by atoms with van der Waals surface area (Å²) in [7, 11) is 0. The number of aromatic nitrogens is 3. The molecule has 6 heteroatoms. The van der Waals surface area contributed by atoms with Crippen LogP contribution in [0.1, 0.15) is 43.9 Å². The van der Waals surface area contributed by atoms with Crippen LogP contribution >= 0.6 is 11.6 Å². The van der Waals surface area contributed by atoms with Gasteiger partial charge in [-0.05, 0) is 44.2 Å². The van der Waals surface area contributed by atoms with Gasteiger partial charge in [0.1, 0.15) is 5.82 Å². The lowest BCUT2D eigenvalue weighted by Crippen LogP contribution is -2.29. The first-order chi connectivity index (χ1) is 10.8. The Balaban J connectivity index is 1.48. The molecule has 3 heterocycles. The van der Waals surface area contributed by atoms with Crippen LogP contribution in [-0.4, -0.2) is 33.6 Å². The Kier molecular flexibility index (Phi) is 3.74. The van der Waals surface area contributed by atoms with Crippen molar-refractivity contribution in [3.8, 4) is 11.4 Å². The van der Waals surface area contributed by atoms with Gasteiger partial charge in [-0.1, -0.05) is 5.16 Å². The molecule has 2 fully saturated rings. The second-order valence-corrected chi connectivity index (χ2v) is 6.79. The molecule has 22 heavy (non-hydrogen) atoms. The van der Waals surface area contributed by atoms with Gasteiger partial charge >= 0.3 is 0 Å². The van der Waals surface area contributed by atoms with E-state index >= 15 is 0 Å². The smallest absolute Gasteiger partial charge is 0.230 e. The van der Waals surface area contributed by atoms with E-state index in [-0.39, 0.29) is 5.38 Å². The van der Waals surface area contributed by atoms with Gasteiger partial charge in [0.2, 0.25) is 11.7 Å². The lowest BCUT2D eigenvalue weighted by molar-refractivity contribution is 0.296.